The SMILES string of the molecule is CCCOCC(Cc1cc(C)ccc1C)NC. The van der Waals surface area contributed by atoms with E-state index >= 15 is 0 Å². The summed E-state index contributed by atoms with van der Waals surface area (Å²) in [5.74, 6) is 0. The zero-order valence-electron chi connectivity index (χ0n) is 11.5. The lowest BCUT2D eigenvalue weighted by Crippen LogP contribution is -2.32. The van der Waals surface area contributed by atoms with Crippen LogP contribution < -0.4 is 5.32 Å². The molecule has 0 aromatic heterocycles. The van der Waals surface area contributed by atoms with E-state index in [2.05, 4.69) is 44.3 Å². The number of rotatable bonds is 7. The second-order valence-electron chi connectivity index (χ2n) is 4.69. The summed E-state index contributed by atoms with van der Waals surface area (Å²) >= 11 is 0. The van der Waals surface area contributed by atoms with Gasteiger partial charge in [0, 0.05) is 12.6 Å². The van der Waals surface area contributed by atoms with Gasteiger partial charge in [0.1, 0.15) is 0 Å². The van der Waals surface area contributed by atoms with Crippen LogP contribution in [0, 0.1) is 13.8 Å². The molecule has 0 amide bonds. The molecule has 1 N–H and O–H groups in total. The van der Waals surface area contributed by atoms with Gasteiger partial charge < -0.3 is 10.1 Å². The Morgan fingerprint density at radius 1 is 1.29 bits per heavy atom. The van der Waals surface area contributed by atoms with Crippen molar-refractivity contribution in [3.05, 3.63) is 34.9 Å². The lowest BCUT2D eigenvalue weighted by atomic mass is 9.99. The number of hydrogen-bond acceptors (Lipinski definition) is 2. The second-order valence-corrected chi connectivity index (χ2v) is 4.69. The van der Waals surface area contributed by atoms with Crippen molar-refractivity contribution < 1.29 is 4.74 Å². The normalized spacial score (nSPS) is 12.7. The van der Waals surface area contributed by atoms with Gasteiger partial charge in [0.25, 0.3) is 0 Å². The molecule has 0 saturated carbocycles. The van der Waals surface area contributed by atoms with Crippen molar-refractivity contribution >= 4 is 0 Å². The largest absolute Gasteiger partial charge is 0.380 e. The average Bonchev–Trinajstić information content (AvgIpc) is 2.32. The van der Waals surface area contributed by atoms with Gasteiger partial charge in [0.2, 0.25) is 0 Å². The van der Waals surface area contributed by atoms with Crippen LogP contribution in [0.15, 0.2) is 18.2 Å². The Hall–Kier alpha value is -0.860. The van der Waals surface area contributed by atoms with E-state index in [0.29, 0.717) is 6.04 Å². The molecular formula is C15H25NO. The maximum Gasteiger partial charge on any atom is 0.0622 e. The Morgan fingerprint density at radius 2 is 2.06 bits per heavy atom. The van der Waals surface area contributed by atoms with Gasteiger partial charge in [-0.1, -0.05) is 30.7 Å². The summed E-state index contributed by atoms with van der Waals surface area (Å²) in [6.07, 6.45) is 2.12. The van der Waals surface area contributed by atoms with E-state index in [1.54, 1.807) is 0 Å². The summed E-state index contributed by atoms with van der Waals surface area (Å²) in [5.41, 5.74) is 4.12. The molecule has 0 saturated heterocycles. The van der Waals surface area contributed by atoms with Crippen LogP contribution in [0.2, 0.25) is 0 Å². The Labute approximate surface area is 105 Å². The third-order valence-corrected chi connectivity index (χ3v) is 3.05. The molecule has 1 rings (SSSR count). The predicted octanol–water partition coefficient (Wildman–Crippen LogP) is 2.86. The monoisotopic (exact) mass is 235 g/mol. The highest BCUT2D eigenvalue weighted by Crippen LogP contribution is 2.13. The van der Waals surface area contributed by atoms with Gasteiger partial charge in [-0.3, -0.25) is 0 Å². The number of benzene rings is 1. The van der Waals surface area contributed by atoms with Gasteiger partial charge in [-0.05, 0) is 44.9 Å². The number of ether oxygens (including phenoxy) is 1. The molecule has 2 heteroatoms. The molecule has 0 heterocycles. The first kappa shape index (κ1) is 14.2. The molecule has 0 aliphatic heterocycles. The van der Waals surface area contributed by atoms with Crippen molar-refractivity contribution in [3.63, 3.8) is 0 Å². The zero-order valence-corrected chi connectivity index (χ0v) is 11.5. The van der Waals surface area contributed by atoms with Crippen molar-refractivity contribution in [2.45, 2.75) is 39.7 Å². The van der Waals surface area contributed by atoms with Crippen molar-refractivity contribution in [2.24, 2.45) is 0 Å². The van der Waals surface area contributed by atoms with E-state index < -0.39 is 0 Å². The van der Waals surface area contributed by atoms with Gasteiger partial charge in [-0.15, -0.1) is 0 Å². The molecule has 0 spiro atoms. The third kappa shape index (κ3) is 4.88. The average molecular weight is 235 g/mol. The van der Waals surface area contributed by atoms with Crippen LogP contribution in [-0.4, -0.2) is 26.3 Å². The summed E-state index contributed by atoms with van der Waals surface area (Å²) in [6, 6.07) is 7.05. The Morgan fingerprint density at radius 3 is 2.71 bits per heavy atom. The van der Waals surface area contributed by atoms with Crippen molar-refractivity contribution in [1.82, 2.24) is 5.32 Å². The summed E-state index contributed by atoms with van der Waals surface area (Å²) < 4.78 is 5.62. The minimum atomic E-state index is 0.405. The van der Waals surface area contributed by atoms with Gasteiger partial charge in [0.05, 0.1) is 6.61 Å². The van der Waals surface area contributed by atoms with Crippen LogP contribution in [0.5, 0.6) is 0 Å². The third-order valence-electron chi connectivity index (χ3n) is 3.05. The molecule has 0 fully saturated rings. The van der Waals surface area contributed by atoms with Crippen LogP contribution in [0.3, 0.4) is 0 Å². The van der Waals surface area contributed by atoms with E-state index in [4.69, 9.17) is 4.74 Å². The first-order chi connectivity index (χ1) is 8.17. The van der Waals surface area contributed by atoms with Gasteiger partial charge in [0.15, 0.2) is 0 Å². The summed E-state index contributed by atoms with van der Waals surface area (Å²) in [6.45, 7) is 8.10. The topological polar surface area (TPSA) is 21.3 Å². The number of aryl methyl sites for hydroxylation is 2. The Kier molecular flexibility index (Phi) is 6.23. The molecule has 1 aromatic carbocycles. The molecule has 1 unspecified atom stereocenters. The molecule has 0 aliphatic rings. The Bertz CT molecular complexity index is 336. The number of hydrogen-bond donors (Lipinski definition) is 1. The summed E-state index contributed by atoms with van der Waals surface area (Å²) in [4.78, 5) is 0. The Balaban J connectivity index is 2.57. The van der Waals surface area contributed by atoms with E-state index in [1.807, 2.05) is 7.05 Å². The fourth-order valence-electron chi connectivity index (χ4n) is 1.90. The highest BCUT2D eigenvalue weighted by atomic mass is 16.5. The molecule has 2 nitrogen and oxygen atoms in total. The van der Waals surface area contributed by atoms with Gasteiger partial charge in [-0.2, -0.15) is 0 Å². The van der Waals surface area contributed by atoms with E-state index in [9.17, 15) is 0 Å². The maximum atomic E-state index is 5.62. The predicted molar refractivity (Wildman–Crippen MR) is 73.6 cm³/mol. The molecule has 0 radical (unpaired) electrons. The van der Waals surface area contributed by atoms with Crippen LogP contribution in [-0.2, 0) is 11.2 Å². The molecule has 0 aliphatic carbocycles. The lowest BCUT2D eigenvalue weighted by Gasteiger charge is -2.18. The highest BCUT2D eigenvalue weighted by molar-refractivity contribution is 5.31. The smallest absolute Gasteiger partial charge is 0.0622 e. The van der Waals surface area contributed by atoms with E-state index in [-0.39, 0.29) is 0 Å². The first-order valence-corrected chi connectivity index (χ1v) is 6.48. The maximum absolute atomic E-state index is 5.62. The van der Waals surface area contributed by atoms with Crippen LogP contribution >= 0.6 is 0 Å². The van der Waals surface area contributed by atoms with Gasteiger partial charge >= 0.3 is 0 Å². The minimum absolute atomic E-state index is 0.405. The molecule has 17 heavy (non-hydrogen) atoms. The van der Waals surface area contributed by atoms with Crippen molar-refractivity contribution in [2.75, 3.05) is 20.3 Å². The van der Waals surface area contributed by atoms with Crippen LogP contribution in [0.25, 0.3) is 0 Å². The fourth-order valence-corrected chi connectivity index (χ4v) is 1.90. The second kappa shape index (κ2) is 7.46. The lowest BCUT2D eigenvalue weighted by molar-refractivity contribution is 0.114. The summed E-state index contributed by atoms with van der Waals surface area (Å²) in [5, 5.41) is 3.33. The minimum Gasteiger partial charge on any atom is -0.380 e. The van der Waals surface area contributed by atoms with Gasteiger partial charge in [-0.25, -0.2) is 0 Å². The zero-order chi connectivity index (χ0) is 12.7. The standard InChI is InChI=1S/C15H25NO/c1-5-8-17-11-15(16-4)10-14-9-12(2)6-7-13(14)3/h6-7,9,15-16H,5,8,10-11H2,1-4H3. The van der Waals surface area contributed by atoms with Crippen molar-refractivity contribution in [3.8, 4) is 0 Å². The molecule has 96 valence electrons. The van der Waals surface area contributed by atoms with E-state index in [1.165, 1.54) is 16.7 Å². The van der Waals surface area contributed by atoms with E-state index in [0.717, 1.165) is 26.1 Å². The molecule has 0 bridgehead atoms. The van der Waals surface area contributed by atoms with Crippen LogP contribution in [0.1, 0.15) is 30.0 Å². The molecular weight excluding hydrogens is 210 g/mol. The molecule has 1 atom stereocenters. The van der Waals surface area contributed by atoms with Crippen molar-refractivity contribution in [1.29, 1.82) is 0 Å². The quantitative estimate of drug-likeness (QED) is 0.734. The molecule has 1 aromatic rings. The first-order valence-electron chi connectivity index (χ1n) is 6.48. The summed E-state index contributed by atoms with van der Waals surface area (Å²) in [7, 11) is 2.01. The number of likely N-dealkylation sites (N-methyl/N-ethyl adjacent to an activating group) is 1. The fraction of sp³-hybridized carbons (Fsp3) is 0.600. The highest BCUT2D eigenvalue weighted by Gasteiger charge is 2.09. The number of nitrogens with one attached hydrogen (secondary N) is 1. The van der Waals surface area contributed by atoms with Crippen LogP contribution in [0.4, 0.5) is 0 Å².